The van der Waals surface area contributed by atoms with Crippen LogP contribution in [0.25, 0.3) is 0 Å². The predicted octanol–water partition coefficient (Wildman–Crippen LogP) is 8.56. The van der Waals surface area contributed by atoms with Crippen LogP contribution in [0, 0.1) is 5.92 Å². The van der Waals surface area contributed by atoms with Gasteiger partial charge in [0.1, 0.15) is 0 Å². The first-order valence-corrected chi connectivity index (χ1v) is 12.1. The second-order valence-electron chi connectivity index (χ2n) is 8.44. The lowest BCUT2D eigenvalue weighted by Crippen LogP contribution is -2.05. The minimum Gasteiger partial charge on any atom is -0.466 e. The second kappa shape index (κ2) is 22.2. The fourth-order valence-electron chi connectivity index (χ4n) is 3.17. The Hall–Kier alpha value is -1.05. The molecule has 0 radical (unpaired) electrons. The summed E-state index contributed by atoms with van der Waals surface area (Å²) in [4.78, 5) is 11.7. The van der Waals surface area contributed by atoms with E-state index in [4.69, 9.17) is 4.74 Å². The fourth-order valence-corrected chi connectivity index (χ4v) is 3.17. The van der Waals surface area contributed by atoms with Crippen molar-refractivity contribution in [2.24, 2.45) is 5.92 Å². The standard InChI is InChI=1S/C26H48O2/c1-4-5-6-7-8-9-10-11-12-13-14-15-16-17-20-23-26(27)28-24-21-18-19-22-25(2)3/h8-9,11-12,25H,4-7,10,13-24H2,1-3H3. The van der Waals surface area contributed by atoms with Gasteiger partial charge in [0.25, 0.3) is 0 Å². The van der Waals surface area contributed by atoms with E-state index in [2.05, 4.69) is 45.1 Å². The highest BCUT2D eigenvalue weighted by Gasteiger charge is 2.02. The number of rotatable bonds is 20. The minimum atomic E-state index is -0.00505. The molecular weight excluding hydrogens is 344 g/mol. The highest BCUT2D eigenvalue weighted by atomic mass is 16.5. The molecule has 2 heteroatoms. The van der Waals surface area contributed by atoms with Crippen molar-refractivity contribution in [1.29, 1.82) is 0 Å². The molecule has 0 rings (SSSR count). The summed E-state index contributed by atoms with van der Waals surface area (Å²) in [5.74, 6) is 0.773. The smallest absolute Gasteiger partial charge is 0.305 e. The van der Waals surface area contributed by atoms with Crippen molar-refractivity contribution in [3.8, 4) is 0 Å². The van der Waals surface area contributed by atoms with Crippen molar-refractivity contribution in [2.75, 3.05) is 6.61 Å². The first-order chi connectivity index (χ1) is 13.7. The SMILES string of the molecule is CCCCCC=CCC=CCCCCCCCC(=O)OCCCCCC(C)C. The summed E-state index contributed by atoms with van der Waals surface area (Å²) < 4.78 is 5.31. The number of carbonyl (C=O) groups excluding carboxylic acids is 1. The molecule has 0 aromatic rings. The van der Waals surface area contributed by atoms with Gasteiger partial charge in [-0.25, -0.2) is 0 Å². The summed E-state index contributed by atoms with van der Waals surface area (Å²) >= 11 is 0. The molecular formula is C26H48O2. The Morgan fingerprint density at radius 1 is 0.750 bits per heavy atom. The van der Waals surface area contributed by atoms with Crippen molar-refractivity contribution in [2.45, 2.75) is 124 Å². The van der Waals surface area contributed by atoms with E-state index >= 15 is 0 Å². The van der Waals surface area contributed by atoms with Gasteiger partial charge < -0.3 is 4.74 Å². The van der Waals surface area contributed by atoms with Crippen molar-refractivity contribution >= 4 is 5.97 Å². The quantitative estimate of drug-likeness (QED) is 0.118. The molecule has 0 aromatic carbocycles. The van der Waals surface area contributed by atoms with Gasteiger partial charge in [0.05, 0.1) is 6.61 Å². The Morgan fingerprint density at radius 2 is 1.36 bits per heavy atom. The van der Waals surface area contributed by atoms with Crippen LogP contribution in [0.1, 0.15) is 124 Å². The van der Waals surface area contributed by atoms with Crippen LogP contribution in [-0.2, 0) is 9.53 Å². The molecule has 0 fully saturated rings. The van der Waals surface area contributed by atoms with Crippen LogP contribution in [0.4, 0.5) is 0 Å². The van der Waals surface area contributed by atoms with E-state index in [0.717, 1.165) is 31.6 Å². The van der Waals surface area contributed by atoms with Gasteiger partial charge in [-0.2, -0.15) is 0 Å². The van der Waals surface area contributed by atoms with Crippen LogP contribution in [0.3, 0.4) is 0 Å². The van der Waals surface area contributed by atoms with E-state index in [1.165, 1.54) is 70.6 Å². The summed E-state index contributed by atoms with van der Waals surface area (Å²) in [5.41, 5.74) is 0. The number of carbonyl (C=O) groups is 1. The highest BCUT2D eigenvalue weighted by molar-refractivity contribution is 5.69. The molecule has 0 aliphatic carbocycles. The molecule has 0 aliphatic heterocycles. The molecule has 0 amide bonds. The average Bonchev–Trinajstić information content (AvgIpc) is 2.67. The number of allylic oxidation sites excluding steroid dienone is 4. The maximum atomic E-state index is 11.7. The third-order valence-electron chi connectivity index (χ3n) is 5.02. The lowest BCUT2D eigenvalue weighted by Gasteiger charge is -2.06. The van der Waals surface area contributed by atoms with E-state index in [0.29, 0.717) is 13.0 Å². The molecule has 0 saturated heterocycles. The Labute approximate surface area is 176 Å². The maximum absolute atomic E-state index is 11.7. The molecule has 0 heterocycles. The van der Waals surface area contributed by atoms with Gasteiger partial charge in [0, 0.05) is 6.42 Å². The van der Waals surface area contributed by atoms with Crippen LogP contribution in [0.2, 0.25) is 0 Å². The summed E-state index contributed by atoms with van der Waals surface area (Å²) in [6, 6.07) is 0. The van der Waals surface area contributed by atoms with Gasteiger partial charge in [-0.05, 0) is 50.9 Å². The first-order valence-electron chi connectivity index (χ1n) is 12.1. The van der Waals surface area contributed by atoms with Crippen LogP contribution in [0.5, 0.6) is 0 Å². The maximum Gasteiger partial charge on any atom is 0.305 e. The normalized spacial score (nSPS) is 11.9. The molecule has 0 N–H and O–H groups in total. The van der Waals surface area contributed by atoms with Gasteiger partial charge in [0.2, 0.25) is 0 Å². The Morgan fingerprint density at radius 3 is 2.04 bits per heavy atom. The van der Waals surface area contributed by atoms with E-state index in [1.807, 2.05) is 0 Å². The van der Waals surface area contributed by atoms with Crippen LogP contribution in [-0.4, -0.2) is 12.6 Å². The zero-order chi connectivity index (χ0) is 20.7. The lowest BCUT2D eigenvalue weighted by molar-refractivity contribution is -0.143. The van der Waals surface area contributed by atoms with Crippen molar-refractivity contribution in [1.82, 2.24) is 0 Å². The van der Waals surface area contributed by atoms with E-state index in [-0.39, 0.29) is 5.97 Å². The molecule has 28 heavy (non-hydrogen) atoms. The summed E-state index contributed by atoms with van der Waals surface area (Å²) in [7, 11) is 0. The summed E-state index contributed by atoms with van der Waals surface area (Å²) in [5, 5.41) is 0. The molecule has 0 aliphatic rings. The zero-order valence-electron chi connectivity index (χ0n) is 19.2. The van der Waals surface area contributed by atoms with Crippen LogP contribution >= 0.6 is 0 Å². The number of ether oxygens (including phenoxy) is 1. The van der Waals surface area contributed by atoms with Gasteiger partial charge in [-0.15, -0.1) is 0 Å². The molecule has 0 saturated carbocycles. The Bertz CT molecular complexity index is 382. The van der Waals surface area contributed by atoms with Crippen molar-refractivity contribution in [3.05, 3.63) is 24.3 Å². The first kappa shape index (κ1) is 27.0. The molecule has 164 valence electrons. The third kappa shape index (κ3) is 23.0. The Balaban J connectivity index is 3.27. The van der Waals surface area contributed by atoms with Crippen LogP contribution in [0.15, 0.2) is 24.3 Å². The molecule has 0 bridgehead atoms. The molecule has 0 atom stereocenters. The molecule has 0 spiro atoms. The Kier molecular flexibility index (Phi) is 21.4. The second-order valence-corrected chi connectivity index (χ2v) is 8.44. The van der Waals surface area contributed by atoms with E-state index < -0.39 is 0 Å². The number of unbranched alkanes of at least 4 members (excludes halogenated alkanes) is 10. The van der Waals surface area contributed by atoms with Crippen molar-refractivity contribution in [3.63, 3.8) is 0 Å². The van der Waals surface area contributed by atoms with E-state index in [1.54, 1.807) is 0 Å². The summed E-state index contributed by atoms with van der Waals surface area (Å²) in [6.45, 7) is 7.37. The minimum absolute atomic E-state index is 0.00505. The monoisotopic (exact) mass is 392 g/mol. The van der Waals surface area contributed by atoms with Gasteiger partial charge in [-0.3, -0.25) is 4.79 Å². The largest absolute Gasteiger partial charge is 0.466 e. The lowest BCUT2D eigenvalue weighted by atomic mass is 10.1. The third-order valence-corrected chi connectivity index (χ3v) is 5.02. The van der Waals surface area contributed by atoms with Crippen molar-refractivity contribution < 1.29 is 9.53 Å². The van der Waals surface area contributed by atoms with Gasteiger partial charge in [-0.1, -0.05) is 96.4 Å². The highest BCUT2D eigenvalue weighted by Crippen LogP contribution is 2.10. The zero-order valence-corrected chi connectivity index (χ0v) is 19.2. The molecule has 0 aromatic heterocycles. The van der Waals surface area contributed by atoms with E-state index in [9.17, 15) is 4.79 Å². The number of esters is 1. The van der Waals surface area contributed by atoms with Crippen LogP contribution < -0.4 is 0 Å². The molecule has 2 nitrogen and oxygen atoms in total. The number of hydrogen-bond donors (Lipinski definition) is 0. The number of hydrogen-bond acceptors (Lipinski definition) is 2. The summed E-state index contributed by atoms with van der Waals surface area (Å²) in [6.07, 6.45) is 27.9. The topological polar surface area (TPSA) is 26.3 Å². The molecule has 0 unspecified atom stereocenters. The van der Waals surface area contributed by atoms with Gasteiger partial charge in [0.15, 0.2) is 0 Å². The van der Waals surface area contributed by atoms with Gasteiger partial charge >= 0.3 is 5.97 Å². The predicted molar refractivity (Wildman–Crippen MR) is 124 cm³/mol. The fraction of sp³-hybridized carbons (Fsp3) is 0.808. The average molecular weight is 393 g/mol.